The fourth-order valence-corrected chi connectivity index (χ4v) is 2.34. The first-order valence-electron chi connectivity index (χ1n) is 6.89. The molecule has 0 radical (unpaired) electrons. The zero-order chi connectivity index (χ0) is 15.2. The van der Waals surface area contributed by atoms with E-state index in [1.54, 1.807) is 0 Å². The van der Waals surface area contributed by atoms with Crippen molar-refractivity contribution >= 4 is 28.5 Å². The number of hydrogen-bond acceptors (Lipinski definition) is 2. The summed E-state index contributed by atoms with van der Waals surface area (Å²) in [6.45, 7) is 4.58. The standard InChI is InChI=1S/C17H18INO2/c1-3-21-16-10-6-13(7-11-16)12(2)19-17(20)14-4-8-15(18)9-5-14/h4-12H,3H2,1-2H3,(H,19,20). The first-order valence-corrected chi connectivity index (χ1v) is 7.97. The number of carbonyl (C=O) groups is 1. The van der Waals surface area contributed by atoms with Gasteiger partial charge in [0.25, 0.3) is 5.91 Å². The lowest BCUT2D eigenvalue weighted by Crippen LogP contribution is -2.26. The minimum Gasteiger partial charge on any atom is -0.494 e. The van der Waals surface area contributed by atoms with E-state index in [-0.39, 0.29) is 11.9 Å². The number of hydrogen-bond donors (Lipinski definition) is 1. The smallest absolute Gasteiger partial charge is 0.251 e. The molecule has 0 aliphatic rings. The lowest BCUT2D eigenvalue weighted by Gasteiger charge is -2.15. The summed E-state index contributed by atoms with van der Waals surface area (Å²) in [5, 5.41) is 3.00. The van der Waals surface area contributed by atoms with E-state index < -0.39 is 0 Å². The first kappa shape index (κ1) is 15.8. The predicted octanol–water partition coefficient (Wildman–Crippen LogP) is 4.18. The molecule has 2 rings (SSSR count). The van der Waals surface area contributed by atoms with Crippen molar-refractivity contribution in [3.8, 4) is 5.75 Å². The number of nitrogens with one attached hydrogen (secondary N) is 1. The van der Waals surface area contributed by atoms with Gasteiger partial charge in [-0.1, -0.05) is 12.1 Å². The van der Waals surface area contributed by atoms with Gasteiger partial charge in [-0.15, -0.1) is 0 Å². The Morgan fingerprint density at radius 2 is 1.76 bits per heavy atom. The van der Waals surface area contributed by atoms with Gasteiger partial charge in [0.05, 0.1) is 12.6 Å². The third kappa shape index (κ3) is 4.46. The molecule has 110 valence electrons. The molecule has 4 heteroatoms. The lowest BCUT2D eigenvalue weighted by molar-refractivity contribution is 0.0940. The molecular formula is C17H18INO2. The third-order valence-electron chi connectivity index (χ3n) is 3.15. The Bertz CT molecular complexity index is 593. The summed E-state index contributed by atoms with van der Waals surface area (Å²) < 4.78 is 6.53. The third-order valence-corrected chi connectivity index (χ3v) is 3.86. The second-order valence-corrected chi connectivity index (χ2v) is 5.95. The van der Waals surface area contributed by atoms with E-state index in [1.807, 2.05) is 62.4 Å². The summed E-state index contributed by atoms with van der Waals surface area (Å²) in [5.74, 6) is 0.783. The van der Waals surface area contributed by atoms with Crippen molar-refractivity contribution in [1.29, 1.82) is 0 Å². The molecule has 3 nitrogen and oxygen atoms in total. The molecule has 21 heavy (non-hydrogen) atoms. The zero-order valence-corrected chi connectivity index (χ0v) is 14.3. The summed E-state index contributed by atoms with van der Waals surface area (Å²) in [4.78, 5) is 12.2. The van der Waals surface area contributed by atoms with Gasteiger partial charge in [-0.25, -0.2) is 0 Å². The van der Waals surface area contributed by atoms with Gasteiger partial charge in [-0.05, 0) is 78.4 Å². The quantitative estimate of drug-likeness (QED) is 0.772. The highest BCUT2D eigenvalue weighted by Crippen LogP contribution is 2.18. The number of carbonyl (C=O) groups excluding carboxylic acids is 1. The van der Waals surface area contributed by atoms with Gasteiger partial charge in [0.15, 0.2) is 0 Å². The normalized spacial score (nSPS) is 11.8. The SMILES string of the molecule is CCOc1ccc(C(C)NC(=O)c2ccc(I)cc2)cc1. The van der Waals surface area contributed by atoms with Crippen molar-refractivity contribution in [1.82, 2.24) is 5.32 Å². The molecule has 0 aliphatic carbocycles. The molecule has 1 unspecified atom stereocenters. The fraction of sp³-hybridized carbons (Fsp3) is 0.235. The van der Waals surface area contributed by atoms with Crippen LogP contribution in [-0.4, -0.2) is 12.5 Å². The van der Waals surface area contributed by atoms with Gasteiger partial charge in [0, 0.05) is 9.13 Å². The van der Waals surface area contributed by atoms with Crippen molar-refractivity contribution in [3.05, 3.63) is 63.2 Å². The molecule has 0 fully saturated rings. The topological polar surface area (TPSA) is 38.3 Å². The summed E-state index contributed by atoms with van der Waals surface area (Å²) in [6, 6.07) is 15.3. The van der Waals surface area contributed by atoms with Gasteiger partial charge in [0.2, 0.25) is 0 Å². The van der Waals surface area contributed by atoms with Crippen LogP contribution in [0.15, 0.2) is 48.5 Å². The number of benzene rings is 2. The van der Waals surface area contributed by atoms with Crippen LogP contribution in [0.2, 0.25) is 0 Å². The Morgan fingerprint density at radius 3 is 2.33 bits per heavy atom. The van der Waals surface area contributed by atoms with Crippen LogP contribution < -0.4 is 10.1 Å². The largest absolute Gasteiger partial charge is 0.494 e. The number of halogens is 1. The van der Waals surface area contributed by atoms with Crippen molar-refractivity contribution in [2.75, 3.05) is 6.61 Å². The first-order chi connectivity index (χ1) is 10.1. The molecule has 0 bridgehead atoms. The van der Waals surface area contributed by atoms with Gasteiger partial charge in [0.1, 0.15) is 5.75 Å². The minimum absolute atomic E-state index is 0.0487. The fourth-order valence-electron chi connectivity index (χ4n) is 1.98. The van der Waals surface area contributed by atoms with Crippen LogP contribution in [-0.2, 0) is 0 Å². The average Bonchev–Trinajstić information content (AvgIpc) is 2.49. The molecule has 0 spiro atoms. The van der Waals surface area contributed by atoms with Crippen LogP contribution >= 0.6 is 22.6 Å². The predicted molar refractivity (Wildman–Crippen MR) is 92.7 cm³/mol. The summed E-state index contributed by atoms with van der Waals surface area (Å²) in [7, 11) is 0. The number of amides is 1. The number of ether oxygens (including phenoxy) is 1. The van der Waals surface area contributed by atoms with E-state index >= 15 is 0 Å². The Hall–Kier alpha value is -1.56. The molecule has 1 N–H and O–H groups in total. The summed E-state index contributed by atoms with van der Waals surface area (Å²) in [6.07, 6.45) is 0. The van der Waals surface area contributed by atoms with E-state index in [0.29, 0.717) is 12.2 Å². The monoisotopic (exact) mass is 395 g/mol. The molecule has 1 atom stereocenters. The van der Waals surface area contributed by atoms with Crippen molar-refractivity contribution in [2.24, 2.45) is 0 Å². The maximum atomic E-state index is 12.2. The van der Waals surface area contributed by atoms with E-state index in [2.05, 4.69) is 27.9 Å². The van der Waals surface area contributed by atoms with Gasteiger partial charge >= 0.3 is 0 Å². The van der Waals surface area contributed by atoms with E-state index in [0.717, 1.165) is 14.9 Å². The molecule has 2 aromatic carbocycles. The highest BCUT2D eigenvalue weighted by atomic mass is 127. The Kier molecular flexibility index (Phi) is 5.61. The van der Waals surface area contributed by atoms with Crippen LogP contribution in [0.5, 0.6) is 5.75 Å². The maximum absolute atomic E-state index is 12.2. The summed E-state index contributed by atoms with van der Waals surface area (Å²) in [5.41, 5.74) is 1.73. The lowest BCUT2D eigenvalue weighted by atomic mass is 10.1. The molecule has 0 heterocycles. The zero-order valence-electron chi connectivity index (χ0n) is 12.1. The van der Waals surface area contributed by atoms with Gasteiger partial charge < -0.3 is 10.1 Å². The molecule has 0 saturated heterocycles. The van der Waals surface area contributed by atoms with Crippen LogP contribution in [0.3, 0.4) is 0 Å². The van der Waals surface area contributed by atoms with Crippen molar-refractivity contribution in [2.45, 2.75) is 19.9 Å². The Labute approximate surface area is 138 Å². The molecule has 0 aromatic heterocycles. The van der Waals surface area contributed by atoms with Gasteiger partial charge in [-0.3, -0.25) is 4.79 Å². The second kappa shape index (κ2) is 7.45. The van der Waals surface area contributed by atoms with Crippen LogP contribution in [0.25, 0.3) is 0 Å². The van der Waals surface area contributed by atoms with E-state index in [1.165, 1.54) is 0 Å². The molecule has 1 amide bonds. The minimum atomic E-state index is -0.0622. The molecule has 0 aliphatic heterocycles. The van der Waals surface area contributed by atoms with Crippen LogP contribution in [0.1, 0.15) is 35.8 Å². The van der Waals surface area contributed by atoms with Crippen LogP contribution in [0, 0.1) is 3.57 Å². The number of rotatable bonds is 5. The highest BCUT2D eigenvalue weighted by molar-refractivity contribution is 14.1. The van der Waals surface area contributed by atoms with Crippen LogP contribution in [0.4, 0.5) is 0 Å². The highest BCUT2D eigenvalue weighted by Gasteiger charge is 2.11. The van der Waals surface area contributed by atoms with Gasteiger partial charge in [-0.2, -0.15) is 0 Å². The average molecular weight is 395 g/mol. The van der Waals surface area contributed by atoms with E-state index in [9.17, 15) is 4.79 Å². The maximum Gasteiger partial charge on any atom is 0.251 e. The molecule has 2 aromatic rings. The van der Waals surface area contributed by atoms with Crippen molar-refractivity contribution in [3.63, 3.8) is 0 Å². The van der Waals surface area contributed by atoms with E-state index in [4.69, 9.17) is 4.74 Å². The summed E-state index contributed by atoms with van der Waals surface area (Å²) >= 11 is 2.22. The second-order valence-electron chi connectivity index (χ2n) is 4.70. The molecular weight excluding hydrogens is 377 g/mol. The van der Waals surface area contributed by atoms with Crippen molar-refractivity contribution < 1.29 is 9.53 Å². The molecule has 0 saturated carbocycles. The Balaban J connectivity index is 2.01. The Morgan fingerprint density at radius 1 is 1.14 bits per heavy atom.